The molecule has 1 N–H and O–H groups in total. The number of nitrogens with zero attached hydrogens (tertiary/aromatic N) is 4. The topological polar surface area (TPSA) is 82.4 Å². The van der Waals surface area contributed by atoms with Crippen molar-refractivity contribution >= 4 is 21.4 Å². The minimum absolute atomic E-state index is 0.560. The van der Waals surface area contributed by atoms with Gasteiger partial charge in [0.2, 0.25) is 15.8 Å². The fourth-order valence-electron chi connectivity index (χ4n) is 3.29. The van der Waals surface area contributed by atoms with E-state index in [1.807, 2.05) is 18.3 Å². The van der Waals surface area contributed by atoms with Crippen molar-refractivity contribution in [3.8, 4) is 28.5 Å². The van der Waals surface area contributed by atoms with Gasteiger partial charge in [-0.2, -0.15) is 0 Å². The Bertz CT molecular complexity index is 910. The number of hydrogen-bond donors (Lipinski definition) is 1. The highest BCUT2D eigenvalue weighted by atomic mass is 32.1. The molecule has 0 bridgehead atoms. The number of hydrogen-bond acceptors (Lipinski definition) is 9. The molecule has 0 aliphatic carbocycles. The Kier molecular flexibility index (Phi) is 6.02. The molecular weight excluding hydrogens is 394 g/mol. The van der Waals surface area contributed by atoms with Crippen LogP contribution < -0.4 is 19.5 Å². The predicted octanol–water partition coefficient (Wildman–Crippen LogP) is 2.23. The second-order valence-corrected chi connectivity index (χ2v) is 7.51. The lowest BCUT2D eigenvalue weighted by Gasteiger charge is -2.26. The lowest BCUT2D eigenvalue weighted by Crippen LogP contribution is -2.39. The minimum atomic E-state index is 0.560. The highest BCUT2D eigenvalue weighted by Crippen LogP contribution is 2.41. The second kappa shape index (κ2) is 8.85. The number of ether oxygens (including phenoxy) is 4. The molecule has 1 fully saturated rings. The molecule has 0 atom stereocenters. The number of imidazole rings is 1. The summed E-state index contributed by atoms with van der Waals surface area (Å²) in [7, 11) is 4.79. The zero-order chi connectivity index (χ0) is 20.2. The average Bonchev–Trinajstić information content (AvgIpc) is 3.32. The molecule has 0 spiro atoms. The molecule has 2 aromatic heterocycles. The first-order valence-corrected chi connectivity index (χ1v) is 10.2. The van der Waals surface area contributed by atoms with E-state index in [4.69, 9.17) is 23.9 Å². The highest BCUT2D eigenvalue weighted by molar-refractivity contribution is 7.20. The molecule has 0 radical (unpaired) electrons. The van der Waals surface area contributed by atoms with Gasteiger partial charge in [0.1, 0.15) is 0 Å². The van der Waals surface area contributed by atoms with Gasteiger partial charge < -0.3 is 24.3 Å². The van der Waals surface area contributed by atoms with E-state index in [1.165, 1.54) is 11.3 Å². The van der Waals surface area contributed by atoms with E-state index in [9.17, 15) is 0 Å². The third kappa shape index (κ3) is 4.24. The smallest absolute Gasteiger partial charge is 0.214 e. The molecule has 9 nitrogen and oxygen atoms in total. The zero-order valence-electron chi connectivity index (χ0n) is 16.8. The number of anilines is 1. The van der Waals surface area contributed by atoms with Crippen molar-refractivity contribution < 1.29 is 18.9 Å². The largest absolute Gasteiger partial charge is 0.493 e. The van der Waals surface area contributed by atoms with Gasteiger partial charge >= 0.3 is 0 Å². The number of morpholine rings is 1. The maximum atomic E-state index is 5.44. The lowest BCUT2D eigenvalue weighted by atomic mass is 10.1. The molecule has 10 heteroatoms. The minimum Gasteiger partial charge on any atom is -0.493 e. The van der Waals surface area contributed by atoms with Gasteiger partial charge in [0.15, 0.2) is 11.5 Å². The molecule has 3 heterocycles. The van der Waals surface area contributed by atoms with Crippen molar-refractivity contribution in [2.45, 2.75) is 0 Å². The Morgan fingerprint density at radius 2 is 1.83 bits per heavy atom. The molecule has 0 saturated carbocycles. The molecule has 1 saturated heterocycles. The molecule has 1 aliphatic rings. The van der Waals surface area contributed by atoms with E-state index in [2.05, 4.69) is 15.3 Å². The van der Waals surface area contributed by atoms with Gasteiger partial charge in [0.05, 0.1) is 46.4 Å². The first-order chi connectivity index (χ1) is 14.2. The Labute approximate surface area is 173 Å². The van der Waals surface area contributed by atoms with Crippen LogP contribution in [0, 0.1) is 0 Å². The van der Waals surface area contributed by atoms with Gasteiger partial charge in [-0.3, -0.25) is 4.90 Å². The maximum Gasteiger partial charge on any atom is 0.214 e. The fourth-order valence-corrected chi connectivity index (χ4v) is 4.09. The van der Waals surface area contributed by atoms with Gasteiger partial charge in [-0.05, 0) is 12.1 Å². The average molecular weight is 420 g/mol. The molecule has 0 amide bonds. The normalized spacial score (nSPS) is 14.9. The van der Waals surface area contributed by atoms with Gasteiger partial charge in [-0.1, -0.05) is 11.3 Å². The molecular formula is C19H25N5O4S. The Hall–Kier alpha value is -2.56. The predicted molar refractivity (Wildman–Crippen MR) is 112 cm³/mol. The summed E-state index contributed by atoms with van der Waals surface area (Å²) < 4.78 is 23.4. The van der Waals surface area contributed by atoms with Crippen molar-refractivity contribution in [1.29, 1.82) is 0 Å². The molecule has 1 aliphatic heterocycles. The number of methoxy groups -OCH3 is 3. The summed E-state index contributed by atoms with van der Waals surface area (Å²) in [4.78, 5) is 7.92. The summed E-state index contributed by atoms with van der Waals surface area (Å²) in [6.45, 7) is 5.42. The van der Waals surface area contributed by atoms with Gasteiger partial charge in [0, 0.05) is 31.7 Å². The van der Waals surface area contributed by atoms with Crippen LogP contribution in [-0.2, 0) is 4.74 Å². The first kappa shape index (κ1) is 19.7. The van der Waals surface area contributed by atoms with Crippen LogP contribution in [0.15, 0.2) is 18.3 Å². The molecule has 3 aromatic rings. The van der Waals surface area contributed by atoms with Crippen LogP contribution in [0.25, 0.3) is 16.2 Å². The quantitative estimate of drug-likeness (QED) is 0.595. The number of fused-ring (bicyclic) bond motifs is 1. The van der Waals surface area contributed by atoms with Gasteiger partial charge in [0.25, 0.3) is 0 Å². The van der Waals surface area contributed by atoms with Gasteiger partial charge in [-0.25, -0.2) is 9.50 Å². The summed E-state index contributed by atoms with van der Waals surface area (Å²) >= 11 is 1.53. The van der Waals surface area contributed by atoms with Crippen LogP contribution in [0.4, 0.5) is 5.13 Å². The van der Waals surface area contributed by atoms with Crippen molar-refractivity contribution in [3.05, 3.63) is 18.3 Å². The van der Waals surface area contributed by atoms with Crippen molar-refractivity contribution in [1.82, 2.24) is 19.5 Å². The Morgan fingerprint density at radius 1 is 1.10 bits per heavy atom. The molecule has 156 valence electrons. The first-order valence-electron chi connectivity index (χ1n) is 9.42. The van der Waals surface area contributed by atoms with E-state index >= 15 is 0 Å². The van der Waals surface area contributed by atoms with E-state index in [0.29, 0.717) is 17.2 Å². The number of nitrogens with one attached hydrogen (secondary N) is 1. The molecule has 29 heavy (non-hydrogen) atoms. The van der Waals surface area contributed by atoms with Crippen LogP contribution in [0.2, 0.25) is 0 Å². The Balaban J connectivity index is 1.48. The number of benzene rings is 1. The summed E-state index contributed by atoms with van der Waals surface area (Å²) in [6.07, 6.45) is 1.90. The van der Waals surface area contributed by atoms with Crippen LogP contribution in [0.1, 0.15) is 0 Å². The molecule has 4 rings (SSSR count). The SMILES string of the molecule is COc1cc(-c2cn3nc(NCCN4CCOCC4)sc3n2)cc(OC)c1OC. The summed E-state index contributed by atoms with van der Waals surface area (Å²) in [5.41, 5.74) is 1.67. The third-order valence-electron chi connectivity index (χ3n) is 4.81. The summed E-state index contributed by atoms with van der Waals surface area (Å²) in [5.74, 6) is 1.75. The Morgan fingerprint density at radius 3 is 2.45 bits per heavy atom. The zero-order valence-corrected chi connectivity index (χ0v) is 17.6. The molecule has 1 aromatic carbocycles. The lowest BCUT2D eigenvalue weighted by molar-refractivity contribution is 0.0398. The second-order valence-electron chi connectivity index (χ2n) is 6.56. The number of rotatable bonds is 8. The van der Waals surface area contributed by atoms with Crippen LogP contribution in [0.3, 0.4) is 0 Å². The van der Waals surface area contributed by atoms with Crippen LogP contribution in [0.5, 0.6) is 17.2 Å². The summed E-state index contributed by atoms with van der Waals surface area (Å²) in [6, 6.07) is 3.77. The fraction of sp³-hybridized carbons (Fsp3) is 0.474. The summed E-state index contributed by atoms with van der Waals surface area (Å²) in [5, 5.41) is 8.84. The van der Waals surface area contributed by atoms with E-state index in [0.717, 1.165) is 60.7 Å². The highest BCUT2D eigenvalue weighted by Gasteiger charge is 2.17. The monoisotopic (exact) mass is 419 g/mol. The standard InChI is InChI=1S/C19H25N5O4S/c1-25-15-10-13(11-16(26-2)17(15)27-3)14-12-24-19(21-14)29-18(22-24)20-4-5-23-6-8-28-9-7-23/h10-12H,4-9H2,1-3H3,(H,20,22). The molecule has 0 unspecified atom stereocenters. The maximum absolute atomic E-state index is 5.44. The van der Waals surface area contributed by atoms with Gasteiger partial charge in [-0.15, -0.1) is 5.10 Å². The van der Waals surface area contributed by atoms with E-state index in [-0.39, 0.29) is 0 Å². The van der Waals surface area contributed by atoms with Crippen LogP contribution in [-0.4, -0.2) is 80.2 Å². The third-order valence-corrected chi connectivity index (χ3v) is 5.69. The van der Waals surface area contributed by atoms with Crippen molar-refractivity contribution in [2.24, 2.45) is 0 Å². The van der Waals surface area contributed by atoms with Crippen molar-refractivity contribution in [3.63, 3.8) is 0 Å². The number of aromatic nitrogens is 3. The van der Waals surface area contributed by atoms with E-state index in [1.54, 1.807) is 25.8 Å². The van der Waals surface area contributed by atoms with E-state index < -0.39 is 0 Å². The van der Waals surface area contributed by atoms with Crippen molar-refractivity contribution in [2.75, 3.05) is 66.0 Å². The van der Waals surface area contributed by atoms with Crippen LogP contribution >= 0.6 is 11.3 Å².